The first-order chi connectivity index (χ1) is 13.0. The minimum atomic E-state index is -0.571. The molecule has 0 saturated carbocycles. The molecular weight excluding hydrogens is 348 g/mol. The molecule has 142 valence electrons. The Morgan fingerprint density at radius 1 is 1.04 bits per heavy atom. The number of nitrogens with one attached hydrogen (secondary N) is 3. The van der Waals surface area contributed by atoms with Gasteiger partial charge in [-0.2, -0.15) is 0 Å². The predicted molar refractivity (Wildman–Crippen MR) is 103 cm³/mol. The fourth-order valence-corrected chi connectivity index (χ4v) is 2.31. The lowest BCUT2D eigenvalue weighted by molar-refractivity contribution is -0.114. The molecule has 2 aromatic rings. The van der Waals surface area contributed by atoms with Gasteiger partial charge in [0.15, 0.2) is 0 Å². The smallest absolute Gasteiger partial charge is 0.251 e. The fourth-order valence-electron chi connectivity index (χ4n) is 2.31. The summed E-state index contributed by atoms with van der Waals surface area (Å²) in [6, 6.07) is 13.2. The molecule has 2 rings (SSSR count). The van der Waals surface area contributed by atoms with Gasteiger partial charge in [0.05, 0.1) is 18.7 Å². The molecule has 0 bridgehead atoms. The van der Waals surface area contributed by atoms with E-state index in [1.54, 1.807) is 55.6 Å². The van der Waals surface area contributed by atoms with Crippen LogP contribution >= 0.6 is 0 Å². The van der Waals surface area contributed by atoms with Crippen LogP contribution in [0, 0.1) is 0 Å². The van der Waals surface area contributed by atoms with Crippen LogP contribution in [0.4, 0.5) is 11.4 Å². The van der Waals surface area contributed by atoms with Gasteiger partial charge in [-0.1, -0.05) is 12.1 Å². The van der Waals surface area contributed by atoms with Crippen molar-refractivity contribution < 1.29 is 19.1 Å². The van der Waals surface area contributed by atoms with Gasteiger partial charge in [-0.3, -0.25) is 14.4 Å². The number of hydrogen-bond acceptors (Lipinski definition) is 5. The van der Waals surface area contributed by atoms with Gasteiger partial charge in [0.1, 0.15) is 0 Å². The van der Waals surface area contributed by atoms with Gasteiger partial charge >= 0.3 is 0 Å². The monoisotopic (exact) mass is 370 g/mol. The quantitative estimate of drug-likeness (QED) is 0.494. The van der Waals surface area contributed by atoms with Crippen LogP contribution in [-0.4, -0.2) is 44.5 Å². The second kappa shape index (κ2) is 9.93. The summed E-state index contributed by atoms with van der Waals surface area (Å²) in [5, 5.41) is 8.31. The Balaban J connectivity index is 1.87. The van der Waals surface area contributed by atoms with Crippen molar-refractivity contribution in [3.05, 3.63) is 59.7 Å². The van der Waals surface area contributed by atoms with Crippen molar-refractivity contribution in [1.29, 1.82) is 0 Å². The number of carbonyl (C=O) groups is 3. The Kier molecular flexibility index (Phi) is 7.33. The summed E-state index contributed by atoms with van der Waals surface area (Å²) in [6.45, 7) is 0.821. The van der Waals surface area contributed by atoms with Crippen molar-refractivity contribution in [2.24, 2.45) is 5.73 Å². The first-order valence-electron chi connectivity index (χ1n) is 8.31. The SMILES string of the molecule is COCCNC(=O)c1ccc(NC(=O)CNc2ccccc2C(N)=O)cc1. The highest BCUT2D eigenvalue weighted by molar-refractivity contribution is 6.00. The molecule has 0 heterocycles. The van der Waals surface area contributed by atoms with Crippen LogP contribution < -0.4 is 21.7 Å². The number of benzene rings is 2. The molecule has 0 saturated heterocycles. The highest BCUT2D eigenvalue weighted by Crippen LogP contribution is 2.14. The summed E-state index contributed by atoms with van der Waals surface area (Å²) in [5.41, 5.74) is 7.14. The number of para-hydroxylation sites is 1. The van der Waals surface area contributed by atoms with Crippen LogP contribution in [0.5, 0.6) is 0 Å². The zero-order valence-electron chi connectivity index (χ0n) is 15.0. The third-order valence-corrected chi connectivity index (χ3v) is 3.65. The van der Waals surface area contributed by atoms with Crippen LogP contribution in [0.25, 0.3) is 0 Å². The molecule has 8 nitrogen and oxygen atoms in total. The molecule has 0 aliphatic carbocycles. The lowest BCUT2D eigenvalue weighted by Crippen LogP contribution is -2.27. The number of rotatable bonds is 9. The number of anilines is 2. The third kappa shape index (κ3) is 6.12. The van der Waals surface area contributed by atoms with Crippen molar-refractivity contribution in [1.82, 2.24) is 5.32 Å². The number of amides is 3. The fraction of sp³-hybridized carbons (Fsp3) is 0.211. The first kappa shape index (κ1) is 19.9. The Labute approximate surface area is 157 Å². The molecule has 0 aliphatic heterocycles. The molecule has 5 N–H and O–H groups in total. The first-order valence-corrected chi connectivity index (χ1v) is 8.31. The Morgan fingerprint density at radius 3 is 2.41 bits per heavy atom. The van der Waals surface area contributed by atoms with E-state index in [1.807, 2.05) is 0 Å². The van der Waals surface area contributed by atoms with Gasteiger partial charge in [0, 0.05) is 30.6 Å². The number of nitrogens with two attached hydrogens (primary N) is 1. The zero-order chi connectivity index (χ0) is 19.6. The number of methoxy groups -OCH3 is 1. The van der Waals surface area contributed by atoms with E-state index >= 15 is 0 Å². The Hall–Kier alpha value is -3.39. The second-order valence-electron chi connectivity index (χ2n) is 5.64. The summed E-state index contributed by atoms with van der Waals surface area (Å²) >= 11 is 0. The van der Waals surface area contributed by atoms with Crippen LogP contribution in [-0.2, 0) is 9.53 Å². The molecular formula is C19H22N4O4. The standard InChI is InChI=1S/C19H22N4O4/c1-27-11-10-21-19(26)13-6-8-14(9-7-13)23-17(24)12-22-16-5-3-2-4-15(16)18(20)25/h2-9,22H,10-12H2,1H3,(H2,20,25)(H,21,26)(H,23,24). The van der Waals surface area contributed by atoms with E-state index in [1.165, 1.54) is 0 Å². The maximum Gasteiger partial charge on any atom is 0.251 e. The van der Waals surface area contributed by atoms with E-state index < -0.39 is 5.91 Å². The average Bonchev–Trinajstić information content (AvgIpc) is 2.67. The summed E-state index contributed by atoms with van der Waals surface area (Å²) in [4.78, 5) is 35.3. The van der Waals surface area contributed by atoms with Crippen LogP contribution in [0.15, 0.2) is 48.5 Å². The molecule has 3 amide bonds. The maximum atomic E-state index is 12.1. The summed E-state index contributed by atoms with van der Waals surface area (Å²) in [7, 11) is 1.56. The van der Waals surface area contributed by atoms with Gasteiger partial charge in [0.2, 0.25) is 5.91 Å². The minimum Gasteiger partial charge on any atom is -0.383 e. The molecule has 8 heteroatoms. The molecule has 0 spiro atoms. The van der Waals surface area contributed by atoms with E-state index in [0.717, 1.165) is 0 Å². The largest absolute Gasteiger partial charge is 0.383 e. The van der Waals surface area contributed by atoms with Crippen LogP contribution in [0.1, 0.15) is 20.7 Å². The van der Waals surface area contributed by atoms with Gasteiger partial charge in [-0.25, -0.2) is 0 Å². The zero-order valence-corrected chi connectivity index (χ0v) is 15.0. The van der Waals surface area contributed by atoms with Gasteiger partial charge in [0.25, 0.3) is 11.8 Å². The maximum absolute atomic E-state index is 12.1. The Morgan fingerprint density at radius 2 is 1.74 bits per heavy atom. The highest BCUT2D eigenvalue weighted by Gasteiger charge is 2.09. The number of primary amides is 1. The minimum absolute atomic E-state index is 0.0381. The van der Waals surface area contributed by atoms with Crippen LogP contribution in [0.3, 0.4) is 0 Å². The lowest BCUT2D eigenvalue weighted by Gasteiger charge is -2.11. The lowest BCUT2D eigenvalue weighted by atomic mass is 10.1. The van der Waals surface area contributed by atoms with E-state index in [9.17, 15) is 14.4 Å². The molecule has 0 aromatic heterocycles. The number of ether oxygens (including phenoxy) is 1. The van der Waals surface area contributed by atoms with E-state index in [-0.39, 0.29) is 18.4 Å². The normalized spacial score (nSPS) is 10.1. The second-order valence-corrected chi connectivity index (χ2v) is 5.64. The molecule has 0 unspecified atom stereocenters. The molecule has 0 atom stereocenters. The summed E-state index contributed by atoms with van der Waals surface area (Å²) < 4.78 is 4.87. The topological polar surface area (TPSA) is 123 Å². The van der Waals surface area contributed by atoms with Gasteiger partial charge in [-0.05, 0) is 36.4 Å². The molecule has 0 fully saturated rings. The van der Waals surface area contributed by atoms with E-state index in [2.05, 4.69) is 16.0 Å². The average molecular weight is 370 g/mol. The van der Waals surface area contributed by atoms with Crippen LogP contribution in [0.2, 0.25) is 0 Å². The molecule has 0 radical (unpaired) electrons. The van der Waals surface area contributed by atoms with Crippen molar-refractivity contribution in [3.63, 3.8) is 0 Å². The molecule has 0 aliphatic rings. The Bertz CT molecular complexity index is 806. The number of hydrogen-bond donors (Lipinski definition) is 4. The summed E-state index contributed by atoms with van der Waals surface area (Å²) in [6.07, 6.45) is 0. The third-order valence-electron chi connectivity index (χ3n) is 3.65. The van der Waals surface area contributed by atoms with Crippen molar-refractivity contribution >= 4 is 29.1 Å². The summed E-state index contributed by atoms with van der Waals surface area (Å²) in [5.74, 6) is -1.08. The number of carbonyl (C=O) groups excluding carboxylic acids is 3. The van der Waals surface area contributed by atoms with Crippen molar-refractivity contribution in [3.8, 4) is 0 Å². The van der Waals surface area contributed by atoms with E-state index in [4.69, 9.17) is 10.5 Å². The predicted octanol–water partition coefficient (Wildman–Crippen LogP) is 1.21. The van der Waals surface area contributed by atoms with Crippen molar-refractivity contribution in [2.45, 2.75) is 0 Å². The van der Waals surface area contributed by atoms with Crippen molar-refractivity contribution in [2.75, 3.05) is 37.4 Å². The molecule has 27 heavy (non-hydrogen) atoms. The van der Waals surface area contributed by atoms with Gasteiger partial charge in [-0.15, -0.1) is 0 Å². The highest BCUT2D eigenvalue weighted by atomic mass is 16.5. The van der Waals surface area contributed by atoms with Gasteiger partial charge < -0.3 is 26.4 Å². The molecule has 2 aromatic carbocycles. The van der Waals surface area contributed by atoms with E-state index in [0.29, 0.717) is 35.7 Å².